The Morgan fingerprint density at radius 1 is 1.56 bits per heavy atom. The third-order valence-corrected chi connectivity index (χ3v) is 3.67. The third-order valence-electron chi connectivity index (χ3n) is 2.96. The van der Waals surface area contributed by atoms with E-state index in [4.69, 9.17) is 18.0 Å². The number of halogens is 1. The summed E-state index contributed by atoms with van der Waals surface area (Å²) < 4.78 is 1.04. The van der Waals surface area contributed by atoms with Gasteiger partial charge in [0, 0.05) is 21.8 Å². The van der Waals surface area contributed by atoms with Crippen LogP contribution in [0.1, 0.15) is 25.3 Å². The Morgan fingerprint density at radius 3 is 2.81 bits per heavy atom. The van der Waals surface area contributed by atoms with Crippen LogP contribution in [0.5, 0.6) is 0 Å². The molecule has 0 saturated heterocycles. The Hall–Kier alpha value is -0.610. The minimum Gasteiger partial charge on any atom is -0.389 e. The number of hydrogen-bond donors (Lipinski definition) is 2. The summed E-state index contributed by atoms with van der Waals surface area (Å²) >= 11 is 8.51. The number of anilines is 1. The van der Waals surface area contributed by atoms with Gasteiger partial charge in [-0.2, -0.15) is 0 Å². The average Bonchev–Trinajstić information content (AvgIpc) is 2.99. The highest BCUT2D eigenvalue weighted by Gasteiger charge is 2.28. The highest BCUT2D eigenvalue weighted by atomic mass is 79.9. The van der Waals surface area contributed by atoms with E-state index in [2.05, 4.69) is 28.2 Å². The van der Waals surface area contributed by atoms with Crippen molar-refractivity contribution in [1.29, 1.82) is 0 Å². The molecular weight excluding hydrogens is 284 g/mol. The Morgan fingerprint density at radius 2 is 2.25 bits per heavy atom. The van der Waals surface area contributed by atoms with Crippen molar-refractivity contribution in [1.82, 2.24) is 0 Å². The maximum atomic E-state index is 5.71. The predicted molar refractivity (Wildman–Crippen MR) is 75.8 cm³/mol. The molecule has 0 spiro atoms. The van der Waals surface area contributed by atoms with Crippen molar-refractivity contribution >= 4 is 38.8 Å². The zero-order chi connectivity index (χ0) is 11.7. The zero-order valence-corrected chi connectivity index (χ0v) is 11.6. The van der Waals surface area contributed by atoms with E-state index in [1.165, 1.54) is 12.8 Å². The molecule has 1 fully saturated rings. The number of rotatable bonds is 4. The molecule has 0 aromatic heterocycles. The number of benzene rings is 1. The van der Waals surface area contributed by atoms with Crippen LogP contribution in [0.4, 0.5) is 5.69 Å². The second-order valence-electron chi connectivity index (χ2n) is 4.32. The van der Waals surface area contributed by atoms with Gasteiger partial charge in [-0.1, -0.05) is 28.1 Å². The fourth-order valence-corrected chi connectivity index (χ4v) is 2.35. The summed E-state index contributed by atoms with van der Waals surface area (Å²) in [5, 5.41) is 3.50. The number of nitrogens with two attached hydrogens (primary N) is 1. The molecule has 1 atom stereocenters. The van der Waals surface area contributed by atoms with Gasteiger partial charge in [0.15, 0.2) is 0 Å². The van der Waals surface area contributed by atoms with Gasteiger partial charge in [0.25, 0.3) is 0 Å². The zero-order valence-electron chi connectivity index (χ0n) is 9.16. The average molecular weight is 299 g/mol. The second kappa shape index (κ2) is 4.72. The van der Waals surface area contributed by atoms with Crippen molar-refractivity contribution in [3.63, 3.8) is 0 Å². The first-order valence-corrected chi connectivity index (χ1v) is 6.64. The first-order valence-electron chi connectivity index (χ1n) is 5.44. The molecule has 0 heterocycles. The minimum atomic E-state index is 0.443. The van der Waals surface area contributed by atoms with E-state index < -0.39 is 0 Å². The molecular formula is C12H15BrN2S. The maximum absolute atomic E-state index is 5.71. The summed E-state index contributed by atoms with van der Waals surface area (Å²) in [4.78, 5) is 0.443. The minimum absolute atomic E-state index is 0.443. The van der Waals surface area contributed by atoms with Crippen molar-refractivity contribution in [2.75, 3.05) is 5.32 Å². The first-order chi connectivity index (χ1) is 7.58. The summed E-state index contributed by atoms with van der Waals surface area (Å²) in [6.45, 7) is 2.21. The molecule has 1 unspecified atom stereocenters. The molecule has 16 heavy (non-hydrogen) atoms. The molecule has 1 aliphatic rings. The van der Waals surface area contributed by atoms with Crippen LogP contribution in [0.15, 0.2) is 22.7 Å². The highest BCUT2D eigenvalue weighted by molar-refractivity contribution is 9.10. The summed E-state index contributed by atoms with van der Waals surface area (Å²) in [6, 6.07) is 6.44. The fourth-order valence-electron chi connectivity index (χ4n) is 1.81. The van der Waals surface area contributed by atoms with Crippen molar-refractivity contribution in [2.24, 2.45) is 11.7 Å². The molecule has 86 valence electrons. The van der Waals surface area contributed by atoms with Crippen molar-refractivity contribution in [3.8, 4) is 0 Å². The molecule has 0 amide bonds. The topological polar surface area (TPSA) is 38.0 Å². The summed E-state index contributed by atoms with van der Waals surface area (Å²) in [6.07, 6.45) is 2.65. The van der Waals surface area contributed by atoms with Crippen molar-refractivity contribution in [3.05, 3.63) is 28.2 Å². The van der Waals surface area contributed by atoms with Gasteiger partial charge >= 0.3 is 0 Å². The SMILES string of the molecule is CC(Nc1cc(Br)ccc1C(N)=S)C1CC1. The Bertz CT molecular complexity index is 415. The monoisotopic (exact) mass is 298 g/mol. The molecule has 4 heteroatoms. The van der Waals surface area contributed by atoms with E-state index in [0.29, 0.717) is 11.0 Å². The second-order valence-corrected chi connectivity index (χ2v) is 5.68. The molecule has 2 nitrogen and oxygen atoms in total. The Balaban J connectivity index is 2.22. The van der Waals surface area contributed by atoms with E-state index >= 15 is 0 Å². The Labute approximate surface area is 110 Å². The normalized spacial score (nSPS) is 16.9. The van der Waals surface area contributed by atoms with E-state index in [-0.39, 0.29) is 0 Å². The quantitative estimate of drug-likeness (QED) is 0.838. The van der Waals surface area contributed by atoms with Crippen LogP contribution in [0.2, 0.25) is 0 Å². The Kier molecular flexibility index (Phi) is 3.50. The van der Waals surface area contributed by atoms with Crippen LogP contribution in [0, 0.1) is 5.92 Å². The molecule has 0 radical (unpaired) electrons. The van der Waals surface area contributed by atoms with Gasteiger partial charge < -0.3 is 11.1 Å². The van der Waals surface area contributed by atoms with Crippen LogP contribution >= 0.6 is 28.1 Å². The fraction of sp³-hybridized carbons (Fsp3) is 0.417. The molecule has 2 rings (SSSR count). The molecule has 0 bridgehead atoms. The van der Waals surface area contributed by atoms with Gasteiger partial charge in [-0.25, -0.2) is 0 Å². The van der Waals surface area contributed by atoms with Gasteiger partial charge in [0.2, 0.25) is 0 Å². The predicted octanol–water partition coefficient (Wildman–Crippen LogP) is 3.29. The van der Waals surface area contributed by atoms with Crippen molar-refractivity contribution in [2.45, 2.75) is 25.8 Å². The van der Waals surface area contributed by atoms with Crippen LogP contribution < -0.4 is 11.1 Å². The van der Waals surface area contributed by atoms with Gasteiger partial charge in [-0.3, -0.25) is 0 Å². The van der Waals surface area contributed by atoms with Gasteiger partial charge in [-0.05, 0) is 43.9 Å². The lowest BCUT2D eigenvalue weighted by Gasteiger charge is -2.17. The van der Waals surface area contributed by atoms with Gasteiger partial charge in [-0.15, -0.1) is 0 Å². The lowest BCUT2D eigenvalue weighted by molar-refractivity contribution is 0.694. The number of thiocarbonyl (C=S) groups is 1. The van der Waals surface area contributed by atoms with E-state index in [1.54, 1.807) is 0 Å². The summed E-state index contributed by atoms with van der Waals surface area (Å²) in [5.74, 6) is 0.804. The molecule has 3 N–H and O–H groups in total. The van der Waals surface area contributed by atoms with E-state index in [9.17, 15) is 0 Å². The summed E-state index contributed by atoms with van der Waals surface area (Å²) in [5.41, 5.74) is 7.66. The van der Waals surface area contributed by atoms with Crippen LogP contribution in [0.3, 0.4) is 0 Å². The number of hydrogen-bond acceptors (Lipinski definition) is 2. The molecule has 1 aliphatic carbocycles. The molecule has 1 aromatic carbocycles. The van der Waals surface area contributed by atoms with Crippen LogP contribution in [-0.4, -0.2) is 11.0 Å². The molecule has 1 saturated carbocycles. The third kappa shape index (κ3) is 2.74. The van der Waals surface area contributed by atoms with E-state index in [0.717, 1.165) is 21.6 Å². The smallest absolute Gasteiger partial charge is 0.106 e. The molecule has 1 aromatic rings. The van der Waals surface area contributed by atoms with E-state index in [1.807, 2.05) is 18.2 Å². The van der Waals surface area contributed by atoms with Gasteiger partial charge in [0.1, 0.15) is 4.99 Å². The lowest BCUT2D eigenvalue weighted by Crippen LogP contribution is -2.20. The first kappa shape index (κ1) is 11.9. The van der Waals surface area contributed by atoms with Gasteiger partial charge in [0.05, 0.1) is 0 Å². The standard InChI is InChI=1S/C12H15BrN2S/c1-7(8-2-3-8)15-11-6-9(13)4-5-10(11)12(14)16/h4-8,15H,2-3H2,1H3,(H2,14,16). The summed E-state index contributed by atoms with van der Waals surface area (Å²) in [7, 11) is 0. The number of nitrogens with one attached hydrogen (secondary N) is 1. The van der Waals surface area contributed by atoms with Crippen LogP contribution in [-0.2, 0) is 0 Å². The highest BCUT2D eigenvalue weighted by Crippen LogP contribution is 2.34. The lowest BCUT2D eigenvalue weighted by atomic mass is 10.1. The molecule has 0 aliphatic heterocycles. The maximum Gasteiger partial charge on any atom is 0.106 e. The van der Waals surface area contributed by atoms with Crippen LogP contribution in [0.25, 0.3) is 0 Å². The largest absolute Gasteiger partial charge is 0.389 e. The van der Waals surface area contributed by atoms with Crippen molar-refractivity contribution < 1.29 is 0 Å².